The Kier molecular flexibility index (Phi) is 2.73. The molecule has 0 amide bonds. The maximum absolute atomic E-state index is 11.8. The quantitative estimate of drug-likeness (QED) is 0.704. The summed E-state index contributed by atoms with van der Waals surface area (Å²) in [5.41, 5.74) is 1.97. The lowest BCUT2D eigenvalue weighted by atomic mass is 9.56. The van der Waals surface area contributed by atoms with E-state index in [1.807, 2.05) is 12.3 Å². The Morgan fingerprint density at radius 2 is 2.25 bits per heavy atom. The van der Waals surface area contributed by atoms with E-state index in [0.29, 0.717) is 13.1 Å². The third-order valence-electron chi connectivity index (χ3n) is 5.87. The van der Waals surface area contributed by atoms with Gasteiger partial charge < -0.3 is 14.7 Å². The van der Waals surface area contributed by atoms with Gasteiger partial charge in [0.25, 0.3) is 0 Å². The van der Waals surface area contributed by atoms with Crippen molar-refractivity contribution in [3.05, 3.63) is 24.0 Å². The van der Waals surface area contributed by atoms with Crippen molar-refractivity contribution in [3.63, 3.8) is 0 Å². The molecule has 9 heteroatoms. The van der Waals surface area contributed by atoms with Crippen LogP contribution in [0.1, 0.15) is 24.8 Å². The molecule has 1 saturated carbocycles. The molecule has 0 aromatic carbocycles. The summed E-state index contributed by atoms with van der Waals surface area (Å²) in [6.45, 7) is 1.12. The smallest absolute Gasteiger partial charge is 0.423 e. The SMILES string of the molecule is CS(=O)(=O)N1CCC2(C1)CC1(C2)OB(O)c2cnc3[nH]ccc3c21. The van der Waals surface area contributed by atoms with E-state index in [-0.39, 0.29) is 5.41 Å². The number of fused-ring (bicyclic) bond motifs is 4. The van der Waals surface area contributed by atoms with E-state index in [2.05, 4.69) is 9.97 Å². The number of hydrogen-bond donors (Lipinski definition) is 2. The van der Waals surface area contributed by atoms with Gasteiger partial charge in [0.1, 0.15) is 5.65 Å². The number of nitrogens with one attached hydrogen (secondary N) is 1. The summed E-state index contributed by atoms with van der Waals surface area (Å²) in [5.74, 6) is 0. The van der Waals surface area contributed by atoms with Crippen LogP contribution in [0.25, 0.3) is 11.0 Å². The number of rotatable bonds is 1. The molecule has 0 radical (unpaired) electrons. The van der Waals surface area contributed by atoms with Crippen LogP contribution in [0.15, 0.2) is 18.5 Å². The van der Waals surface area contributed by atoms with E-state index in [1.54, 1.807) is 10.5 Å². The molecule has 0 unspecified atom stereocenters. The number of H-pyrrole nitrogens is 1. The lowest BCUT2D eigenvalue weighted by molar-refractivity contribution is -0.108. The zero-order chi connectivity index (χ0) is 16.7. The summed E-state index contributed by atoms with van der Waals surface area (Å²) < 4.78 is 31.1. The zero-order valence-corrected chi connectivity index (χ0v) is 14.1. The highest BCUT2D eigenvalue weighted by molar-refractivity contribution is 7.88. The monoisotopic (exact) mass is 347 g/mol. The number of sulfonamides is 1. The third kappa shape index (κ3) is 1.84. The fraction of sp³-hybridized carbons (Fsp3) is 0.533. The van der Waals surface area contributed by atoms with Crippen LogP contribution in [0.4, 0.5) is 0 Å². The molecule has 3 aliphatic rings. The number of aromatic amines is 1. The number of hydrogen-bond acceptors (Lipinski definition) is 5. The van der Waals surface area contributed by atoms with Crippen molar-refractivity contribution in [1.29, 1.82) is 0 Å². The molecule has 7 nitrogen and oxygen atoms in total. The van der Waals surface area contributed by atoms with Gasteiger partial charge in [-0.3, -0.25) is 0 Å². The average molecular weight is 347 g/mol. The second-order valence-electron chi connectivity index (χ2n) is 7.49. The van der Waals surface area contributed by atoms with Crippen LogP contribution in [0.5, 0.6) is 0 Å². The van der Waals surface area contributed by atoms with E-state index >= 15 is 0 Å². The molecular formula is C15H18BN3O4S. The van der Waals surface area contributed by atoms with Gasteiger partial charge in [0.15, 0.2) is 0 Å². The summed E-state index contributed by atoms with van der Waals surface area (Å²) >= 11 is 0. The van der Waals surface area contributed by atoms with Crippen LogP contribution in [0.2, 0.25) is 0 Å². The minimum absolute atomic E-state index is 0.0453. The lowest BCUT2D eigenvalue weighted by Gasteiger charge is -2.53. The molecule has 2 fully saturated rings. The van der Waals surface area contributed by atoms with Crippen LogP contribution >= 0.6 is 0 Å². The molecule has 1 saturated heterocycles. The first kappa shape index (κ1) is 14.9. The number of pyridine rings is 1. The summed E-state index contributed by atoms with van der Waals surface area (Å²) in [7, 11) is -4.12. The van der Waals surface area contributed by atoms with Gasteiger partial charge in [-0.25, -0.2) is 17.7 Å². The first-order valence-electron chi connectivity index (χ1n) is 8.10. The first-order valence-corrected chi connectivity index (χ1v) is 9.94. The second-order valence-corrected chi connectivity index (χ2v) is 9.48. The Labute approximate surface area is 140 Å². The highest BCUT2D eigenvalue weighted by Crippen LogP contribution is 2.62. The first-order chi connectivity index (χ1) is 11.3. The highest BCUT2D eigenvalue weighted by atomic mass is 32.2. The van der Waals surface area contributed by atoms with Crippen LogP contribution in [0.3, 0.4) is 0 Å². The fourth-order valence-corrected chi connectivity index (χ4v) is 5.87. The third-order valence-corrected chi connectivity index (χ3v) is 7.12. The van der Waals surface area contributed by atoms with Gasteiger partial charge in [0.05, 0.1) is 11.9 Å². The molecule has 2 spiro atoms. The Bertz CT molecular complexity index is 951. The van der Waals surface area contributed by atoms with Gasteiger partial charge >= 0.3 is 7.12 Å². The molecule has 5 rings (SSSR count). The van der Waals surface area contributed by atoms with Crippen molar-refractivity contribution < 1.29 is 18.1 Å². The fourth-order valence-electron chi connectivity index (χ4n) is 4.94. The number of nitrogens with zero attached hydrogens (tertiary/aromatic N) is 2. The molecule has 2 aromatic heterocycles. The van der Waals surface area contributed by atoms with E-state index in [4.69, 9.17) is 4.65 Å². The lowest BCUT2D eigenvalue weighted by Crippen LogP contribution is -2.52. The Morgan fingerprint density at radius 3 is 2.96 bits per heavy atom. The molecule has 24 heavy (non-hydrogen) atoms. The van der Waals surface area contributed by atoms with E-state index < -0.39 is 22.7 Å². The van der Waals surface area contributed by atoms with Gasteiger partial charge in [-0.2, -0.15) is 0 Å². The maximum atomic E-state index is 11.8. The zero-order valence-electron chi connectivity index (χ0n) is 13.3. The molecule has 2 aromatic rings. The molecule has 2 aliphatic heterocycles. The van der Waals surface area contributed by atoms with Crippen molar-refractivity contribution in [3.8, 4) is 0 Å². The van der Waals surface area contributed by atoms with Crippen LogP contribution < -0.4 is 5.46 Å². The number of aromatic nitrogens is 2. The normalized spacial score (nSPS) is 32.8. The molecule has 126 valence electrons. The summed E-state index contributed by atoms with van der Waals surface area (Å²) in [5, 5.41) is 11.3. The Hall–Kier alpha value is -1.42. The molecule has 1 aliphatic carbocycles. The second kappa shape index (κ2) is 4.40. The Morgan fingerprint density at radius 1 is 1.46 bits per heavy atom. The van der Waals surface area contributed by atoms with Crippen LogP contribution in [-0.4, -0.2) is 54.2 Å². The molecule has 0 atom stereocenters. The predicted molar refractivity (Wildman–Crippen MR) is 89.2 cm³/mol. The minimum Gasteiger partial charge on any atom is -0.423 e. The van der Waals surface area contributed by atoms with Crippen molar-refractivity contribution in [2.45, 2.75) is 24.9 Å². The maximum Gasteiger partial charge on any atom is 0.493 e. The minimum atomic E-state index is -3.15. The predicted octanol–water partition coefficient (Wildman–Crippen LogP) is -0.0786. The van der Waals surface area contributed by atoms with E-state index in [0.717, 1.165) is 41.3 Å². The van der Waals surface area contributed by atoms with Crippen molar-refractivity contribution in [1.82, 2.24) is 14.3 Å². The molecule has 4 heterocycles. The highest BCUT2D eigenvalue weighted by Gasteiger charge is 2.64. The van der Waals surface area contributed by atoms with Gasteiger partial charge in [-0.15, -0.1) is 0 Å². The summed E-state index contributed by atoms with van der Waals surface area (Å²) in [6, 6.07) is 1.97. The largest absolute Gasteiger partial charge is 0.493 e. The van der Waals surface area contributed by atoms with Gasteiger partial charge in [-0.1, -0.05) is 0 Å². The van der Waals surface area contributed by atoms with Crippen LogP contribution in [-0.2, 0) is 20.3 Å². The van der Waals surface area contributed by atoms with Crippen molar-refractivity contribution >= 4 is 33.6 Å². The summed E-state index contributed by atoms with van der Waals surface area (Å²) in [4.78, 5) is 7.44. The molecule has 2 N–H and O–H groups in total. The van der Waals surface area contributed by atoms with Gasteiger partial charge in [-0.05, 0) is 36.3 Å². The average Bonchev–Trinajstić information content (AvgIpc) is 3.15. The molecule has 0 bridgehead atoms. The van der Waals surface area contributed by atoms with E-state index in [1.165, 1.54) is 6.26 Å². The van der Waals surface area contributed by atoms with Gasteiger partial charge in [0.2, 0.25) is 10.0 Å². The van der Waals surface area contributed by atoms with Gasteiger partial charge in [0, 0.05) is 36.3 Å². The Balaban J connectivity index is 1.52. The van der Waals surface area contributed by atoms with Crippen LogP contribution in [0, 0.1) is 5.41 Å². The van der Waals surface area contributed by atoms with E-state index in [9.17, 15) is 13.4 Å². The standard InChI is InChI=1S/C15H18BN3O4S/c1-24(21,22)19-5-3-14(9-19)7-15(8-14)12-10-2-4-17-13(10)18-6-11(12)16(20)23-15/h2,4,6,20H,3,5,7-9H2,1H3,(H,17,18). The summed E-state index contributed by atoms with van der Waals surface area (Å²) in [6.07, 6.45) is 7.10. The topological polar surface area (TPSA) is 95.5 Å². The van der Waals surface area contributed by atoms with Crippen molar-refractivity contribution in [2.75, 3.05) is 19.3 Å². The van der Waals surface area contributed by atoms with Crippen molar-refractivity contribution in [2.24, 2.45) is 5.41 Å². The molecular weight excluding hydrogens is 329 g/mol.